The van der Waals surface area contributed by atoms with Gasteiger partial charge in [-0.1, -0.05) is 69.3 Å². The van der Waals surface area contributed by atoms with Crippen LogP contribution < -0.4 is 10.6 Å². The average molecular weight is 481 g/mol. The third-order valence-electron chi connectivity index (χ3n) is 6.74. The molecule has 1 aliphatic rings. The number of carboxylic acid groups (broad SMARTS) is 1. The Morgan fingerprint density at radius 2 is 1.51 bits per heavy atom. The van der Waals surface area contributed by atoms with Crippen molar-refractivity contribution in [1.29, 1.82) is 0 Å². The highest BCUT2D eigenvalue weighted by Crippen LogP contribution is 2.44. The van der Waals surface area contributed by atoms with Crippen molar-refractivity contribution in [2.24, 2.45) is 17.8 Å². The molecule has 0 fully saturated rings. The van der Waals surface area contributed by atoms with Crippen LogP contribution in [0, 0.1) is 17.8 Å². The van der Waals surface area contributed by atoms with E-state index in [1.54, 1.807) is 0 Å². The molecule has 2 atom stereocenters. The molecule has 7 heteroatoms. The molecular formula is C28H36N2O5. The summed E-state index contributed by atoms with van der Waals surface area (Å²) < 4.78 is 5.58. The largest absolute Gasteiger partial charge is 0.481 e. The number of carbonyl (C=O) groups excluding carboxylic acids is 2. The minimum Gasteiger partial charge on any atom is -0.481 e. The predicted molar refractivity (Wildman–Crippen MR) is 135 cm³/mol. The Labute approximate surface area is 207 Å². The first kappa shape index (κ1) is 26.3. The van der Waals surface area contributed by atoms with Gasteiger partial charge in [0.2, 0.25) is 5.91 Å². The normalized spacial score (nSPS) is 14.1. The molecule has 1 aliphatic carbocycles. The molecule has 2 amide bonds. The molecule has 0 saturated heterocycles. The Hall–Kier alpha value is -3.35. The second kappa shape index (κ2) is 12.4. The number of aliphatic carboxylic acids is 1. The fourth-order valence-electron chi connectivity index (χ4n) is 4.56. The molecule has 7 nitrogen and oxygen atoms in total. The number of fused-ring (bicyclic) bond motifs is 3. The zero-order valence-corrected chi connectivity index (χ0v) is 20.8. The lowest BCUT2D eigenvalue weighted by Crippen LogP contribution is -2.42. The summed E-state index contributed by atoms with van der Waals surface area (Å²) in [6.45, 7) is 6.77. The highest BCUT2D eigenvalue weighted by molar-refractivity contribution is 5.80. The molecule has 0 bridgehead atoms. The molecule has 0 aliphatic heterocycles. The molecule has 3 N–H and O–H groups in total. The molecular weight excluding hydrogens is 444 g/mol. The predicted octanol–water partition coefficient (Wildman–Crippen LogP) is 4.80. The molecule has 0 heterocycles. The maximum absolute atomic E-state index is 12.7. The quantitative estimate of drug-likeness (QED) is 0.405. The fourth-order valence-corrected chi connectivity index (χ4v) is 4.56. The maximum atomic E-state index is 12.7. The fraction of sp³-hybridized carbons (Fsp3) is 0.464. The van der Waals surface area contributed by atoms with E-state index < -0.39 is 12.1 Å². The highest BCUT2D eigenvalue weighted by atomic mass is 16.5. The van der Waals surface area contributed by atoms with E-state index in [-0.39, 0.29) is 49.2 Å². The average Bonchev–Trinajstić information content (AvgIpc) is 3.15. The zero-order chi connectivity index (χ0) is 25.4. The van der Waals surface area contributed by atoms with E-state index in [9.17, 15) is 14.4 Å². The van der Waals surface area contributed by atoms with Crippen molar-refractivity contribution in [2.45, 2.75) is 46.0 Å². The Morgan fingerprint density at radius 1 is 0.914 bits per heavy atom. The van der Waals surface area contributed by atoms with Crippen molar-refractivity contribution >= 4 is 18.0 Å². The summed E-state index contributed by atoms with van der Waals surface area (Å²) in [7, 11) is 0. The lowest BCUT2D eigenvalue weighted by molar-refractivity contribution is -0.137. The lowest BCUT2D eigenvalue weighted by atomic mass is 9.94. The van der Waals surface area contributed by atoms with Gasteiger partial charge in [-0.15, -0.1) is 0 Å². The first-order valence-electron chi connectivity index (χ1n) is 12.4. The van der Waals surface area contributed by atoms with Gasteiger partial charge in [0.15, 0.2) is 0 Å². The molecule has 35 heavy (non-hydrogen) atoms. The highest BCUT2D eigenvalue weighted by Gasteiger charge is 2.29. The van der Waals surface area contributed by atoms with E-state index in [1.807, 2.05) is 45.0 Å². The van der Waals surface area contributed by atoms with Gasteiger partial charge in [0, 0.05) is 25.4 Å². The lowest BCUT2D eigenvalue weighted by Gasteiger charge is -2.21. The van der Waals surface area contributed by atoms with Gasteiger partial charge < -0.3 is 20.5 Å². The number of hydrogen-bond donors (Lipinski definition) is 3. The molecule has 0 radical (unpaired) electrons. The van der Waals surface area contributed by atoms with Crippen LogP contribution in [0.4, 0.5) is 4.79 Å². The SMILES string of the molecule is CC(CCNC(=O)C(CNC(=O)OCC1c2ccccc2-c2ccccc21)C(C)C)CCC(=O)O. The van der Waals surface area contributed by atoms with Crippen molar-refractivity contribution in [3.05, 3.63) is 59.7 Å². The van der Waals surface area contributed by atoms with E-state index in [0.717, 1.165) is 11.1 Å². The maximum Gasteiger partial charge on any atom is 0.407 e. The van der Waals surface area contributed by atoms with Gasteiger partial charge in [0.1, 0.15) is 6.61 Å². The Morgan fingerprint density at radius 3 is 2.09 bits per heavy atom. The summed E-state index contributed by atoms with van der Waals surface area (Å²) in [4.78, 5) is 35.9. The topological polar surface area (TPSA) is 105 Å². The van der Waals surface area contributed by atoms with Crippen LogP contribution in [0.5, 0.6) is 0 Å². The van der Waals surface area contributed by atoms with E-state index in [2.05, 4.69) is 34.9 Å². The zero-order valence-electron chi connectivity index (χ0n) is 20.8. The van der Waals surface area contributed by atoms with Crippen molar-refractivity contribution in [1.82, 2.24) is 10.6 Å². The number of alkyl carbamates (subject to hydrolysis) is 1. The number of benzene rings is 2. The van der Waals surface area contributed by atoms with Crippen LogP contribution in [-0.2, 0) is 14.3 Å². The number of hydrogen-bond acceptors (Lipinski definition) is 4. The third-order valence-corrected chi connectivity index (χ3v) is 6.74. The standard InChI is InChI=1S/C28H36N2O5/c1-18(2)24(27(33)29-15-14-19(3)12-13-26(31)32)16-30-28(34)35-17-25-22-10-6-4-8-20(22)21-9-5-7-11-23(21)25/h4-11,18-19,24-25H,12-17H2,1-3H3,(H,29,33)(H,30,34)(H,31,32). The Bertz CT molecular complexity index is 990. The molecule has 3 rings (SSSR count). The van der Waals surface area contributed by atoms with Crippen LogP contribution in [0.1, 0.15) is 57.1 Å². The van der Waals surface area contributed by atoms with Gasteiger partial charge in [-0.3, -0.25) is 9.59 Å². The second-order valence-electron chi connectivity index (χ2n) is 9.67. The molecule has 2 aromatic rings. The molecule has 0 aromatic heterocycles. The second-order valence-corrected chi connectivity index (χ2v) is 9.67. The van der Waals surface area contributed by atoms with E-state index >= 15 is 0 Å². The van der Waals surface area contributed by atoms with Gasteiger partial charge in [0.25, 0.3) is 0 Å². The summed E-state index contributed by atoms with van der Waals surface area (Å²) in [5.41, 5.74) is 4.65. The van der Waals surface area contributed by atoms with E-state index in [4.69, 9.17) is 9.84 Å². The van der Waals surface area contributed by atoms with Crippen LogP contribution in [0.3, 0.4) is 0 Å². The van der Waals surface area contributed by atoms with Gasteiger partial charge in [-0.25, -0.2) is 4.79 Å². The van der Waals surface area contributed by atoms with Gasteiger partial charge in [0.05, 0.1) is 5.92 Å². The smallest absolute Gasteiger partial charge is 0.407 e. The Kier molecular flexibility index (Phi) is 9.29. The molecule has 2 aromatic carbocycles. The van der Waals surface area contributed by atoms with Gasteiger partial charge in [-0.05, 0) is 46.9 Å². The van der Waals surface area contributed by atoms with Gasteiger partial charge in [-0.2, -0.15) is 0 Å². The summed E-state index contributed by atoms with van der Waals surface area (Å²) in [5, 5.41) is 14.5. The summed E-state index contributed by atoms with van der Waals surface area (Å²) >= 11 is 0. The number of rotatable bonds is 12. The van der Waals surface area contributed by atoms with Crippen LogP contribution in [-0.4, -0.2) is 42.8 Å². The molecule has 0 spiro atoms. The number of amides is 2. The third kappa shape index (κ3) is 7.07. The van der Waals surface area contributed by atoms with Crippen LogP contribution >= 0.6 is 0 Å². The number of ether oxygens (including phenoxy) is 1. The van der Waals surface area contributed by atoms with Crippen LogP contribution in [0.2, 0.25) is 0 Å². The number of carbonyl (C=O) groups is 3. The monoisotopic (exact) mass is 480 g/mol. The molecule has 0 saturated carbocycles. The van der Waals surface area contributed by atoms with Crippen molar-refractivity contribution in [2.75, 3.05) is 19.7 Å². The van der Waals surface area contributed by atoms with E-state index in [1.165, 1.54) is 11.1 Å². The van der Waals surface area contributed by atoms with Crippen LogP contribution in [0.25, 0.3) is 11.1 Å². The summed E-state index contributed by atoms with van der Waals surface area (Å²) in [5.74, 6) is -1.08. The van der Waals surface area contributed by atoms with E-state index in [0.29, 0.717) is 19.4 Å². The number of nitrogens with one attached hydrogen (secondary N) is 2. The first-order chi connectivity index (χ1) is 16.8. The minimum absolute atomic E-state index is 0.0135. The van der Waals surface area contributed by atoms with Crippen molar-refractivity contribution < 1.29 is 24.2 Å². The Balaban J connectivity index is 1.47. The molecule has 2 unspecified atom stereocenters. The van der Waals surface area contributed by atoms with Crippen LogP contribution in [0.15, 0.2) is 48.5 Å². The minimum atomic E-state index is -0.805. The van der Waals surface area contributed by atoms with Crippen molar-refractivity contribution in [3.8, 4) is 11.1 Å². The summed E-state index contributed by atoms with van der Waals surface area (Å²) in [6.07, 6.45) is 0.896. The first-order valence-corrected chi connectivity index (χ1v) is 12.4. The number of carboxylic acids is 1. The molecule has 188 valence electrons. The van der Waals surface area contributed by atoms with Crippen molar-refractivity contribution in [3.63, 3.8) is 0 Å². The van der Waals surface area contributed by atoms with Gasteiger partial charge >= 0.3 is 12.1 Å². The summed E-state index contributed by atoms with van der Waals surface area (Å²) in [6, 6.07) is 16.3.